The number of likely N-dealkylation sites (tertiary alicyclic amines) is 1. The molecule has 1 saturated carbocycles. The molecule has 0 spiro atoms. The second-order valence-electron chi connectivity index (χ2n) is 7.21. The second kappa shape index (κ2) is 6.95. The van der Waals surface area contributed by atoms with Gasteiger partial charge in [-0.1, -0.05) is 12.8 Å². The van der Waals surface area contributed by atoms with Gasteiger partial charge in [0.1, 0.15) is 6.33 Å². The Morgan fingerprint density at radius 1 is 1.39 bits per heavy atom. The number of carbonyl (C=O) groups is 1. The molecule has 1 N–H and O–H groups in total. The van der Waals surface area contributed by atoms with Crippen LogP contribution in [0.25, 0.3) is 0 Å². The molecule has 5 heteroatoms. The highest BCUT2D eigenvalue weighted by atomic mass is 16.3. The molecule has 5 nitrogen and oxygen atoms in total. The third-order valence-electron chi connectivity index (χ3n) is 5.57. The molecule has 1 amide bonds. The highest BCUT2D eigenvalue weighted by Crippen LogP contribution is 2.40. The van der Waals surface area contributed by atoms with Crippen molar-refractivity contribution < 1.29 is 9.90 Å². The van der Waals surface area contributed by atoms with Crippen LogP contribution < -0.4 is 0 Å². The fourth-order valence-electron chi connectivity index (χ4n) is 4.32. The quantitative estimate of drug-likeness (QED) is 0.925. The molecule has 2 aliphatic rings. The Kier molecular flexibility index (Phi) is 4.95. The summed E-state index contributed by atoms with van der Waals surface area (Å²) in [6.07, 6.45) is 10.6. The van der Waals surface area contributed by atoms with Gasteiger partial charge in [-0.25, -0.2) is 9.97 Å². The number of aromatic nitrogens is 2. The summed E-state index contributed by atoms with van der Waals surface area (Å²) < 4.78 is 0. The lowest BCUT2D eigenvalue weighted by atomic mass is 9.72. The summed E-state index contributed by atoms with van der Waals surface area (Å²) in [6.45, 7) is 2.79. The Labute approximate surface area is 138 Å². The van der Waals surface area contributed by atoms with Crippen LogP contribution in [0.5, 0.6) is 0 Å². The van der Waals surface area contributed by atoms with E-state index in [-0.39, 0.29) is 17.9 Å². The van der Waals surface area contributed by atoms with Crippen molar-refractivity contribution in [2.75, 3.05) is 6.54 Å². The van der Waals surface area contributed by atoms with Crippen LogP contribution in [0.1, 0.15) is 57.6 Å². The smallest absolute Gasteiger partial charge is 0.223 e. The predicted octanol–water partition coefficient (Wildman–Crippen LogP) is 2.34. The number of rotatable bonds is 4. The van der Waals surface area contributed by atoms with Gasteiger partial charge in [-0.05, 0) is 45.1 Å². The van der Waals surface area contributed by atoms with E-state index in [2.05, 4.69) is 9.97 Å². The Balaban J connectivity index is 1.63. The molecular weight excluding hydrogens is 290 g/mol. The van der Waals surface area contributed by atoms with Gasteiger partial charge < -0.3 is 10.0 Å². The number of aryl methyl sites for hydroxylation is 1. The van der Waals surface area contributed by atoms with Crippen LogP contribution in [0, 0.1) is 5.92 Å². The molecule has 0 bridgehead atoms. The molecule has 3 atom stereocenters. The first-order valence-corrected chi connectivity index (χ1v) is 8.85. The average Bonchev–Trinajstić information content (AvgIpc) is 3.02. The summed E-state index contributed by atoms with van der Waals surface area (Å²) in [6, 6.07) is 2.07. The van der Waals surface area contributed by atoms with E-state index < -0.39 is 5.60 Å². The normalized spacial score (nSPS) is 31.3. The Hall–Kier alpha value is -1.49. The van der Waals surface area contributed by atoms with E-state index in [1.807, 2.05) is 17.9 Å². The average molecular weight is 317 g/mol. The molecule has 126 valence electrons. The maximum Gasteiger partial charge on any atom is 0.223 e. The number of nitrogens with zero attached hydrogens (tertiary/aromatic N) is 3. The van der Waals surface area contributed by atoms with Crippen molar-refractivity contribution in [2.24, 2.45) is 5.92 Å². The zero-order chi connectivity index (χ0) is 16.3. The predicted molar refractivity (Wildman–Crippen MR) is 87.7 cm³/mol. The topological polar surface area (TPSA) is 66.3 Å². The minimum atomic E-state index is -0.627. The Bertz CT molecular complexity index is 532. The molecule has 0 radical (unpaired) electrons. The number of amides is 1. The Morgan fingerprint density at radius 2 is 2.26 bits per heavy atom. The standard InChI is InChI=1S/C18H27N3O2/c1-18(23)10-3-2-5-15(18)16-6-4-12-21(16)17(22)8-7-14-9-11-19-13-20-14/h9,11,13,15-16,23H,2-8,10,12H2,1H3. The van der Waals surface area contributed by atoms with Crippen LogP contribution in [0.3, 0.4) is 0 Å². The first-order valence-electron chi connectivity index (χ1n) is 8.85. The van der Waals surface area contributed by atoms with Gasteiger partial charge in [0.2, 0.25) is 5.91 Å². The van der Waals surface area contributed by atoms with Crippen LogP contribution in [0.15, 0.2) is 18.6 Å². The maximum absolute atomic E-state index is 12.7. The molecule has 1 aliphatic carbocycles. The maximum atomic E-state index is 12.7. The third-order valence-corrected chi connectivity index (χ3v) is 5.57. The van der Waals surface area contributed by atoms with Crippen LogP contribution >= 0.6 is 0 Å². The summed E-state index contributed by atoms with van der Waals surface area (Å²) in [7, 11) is 0. The highest BCUT2D eigenvalue weighted by molar-refractivity contribution is 5.77. The van der Waals surface area contributed by atoms with E-state index in [1.54, 1.807) is 6.20 Å². The van der Waals surface area contributed by atoms with Gasteiger partial charge in [0.15, 0.2) is 0 Å². The largest absolute Gasteiger partial charge is 0.390 e. The first kappa shape index (κ1) is 16.4. The molecule has 23 heavy (non-hydrogen) atoms. The van der Waals surface area contributed by atoms with E-state index >= 15 is 0 Å². The van der Waals surface area contributed by atoms with Gasteiger partial charge in [0, 0.05) is 36.8 Å². The Morgan fingerprint density at radius 3 is 3.00 bits per heavy atom. The van der Waals surface area contributed by atoms with E-state index in [0.717, 1.165) is 44.3 Å². The van der Waals surface area contributed by atoms with Crippen molar-refractivity contribution in [1.82, 2.24) is 14.9 Å². The van der Waals surface area contributed by atoms with Crippen molar-refractivity contribution in [3.8, 4) is 0 Å². The van der Waals surface area contributed by atoms with Crippen molar-refractivity contribution in [1.29, 1.82) is 0 Å². The molecule has 3 rings (SSSR count). The first-order chi connectivity index (χ1) is 11.1. The number of carbonyl (C=O) groups excluding carboxylic acids is 1. The lowest BCUT2D eigenvalue weighted by Crippen LogP contribution is -2.50. The molecule has 1 aliphatic heterocycles. The number of hydrogen-bond acceptors (Lipinski definition) is 4. The van der Waals surface area contributed by atoms with E-state index in [9.17, 15) is 9.90 Å². The van der Waals surface area contributed by atoms with Crippen molar-refractivity contribution in [3.05, 3.63) is 24.3 Å². The van der Waals surface area contributed by atoms with E-state index in [0.29, 0.717) is 12.8 Å². The van der Waals surface area contributed by atoms with Crippen molar-refractivity contribution >= 4 is 5.91 Å². The molecule has 3 unspecified atom stereocenters. The van der Waals surface area contributed by atoms with Gasteiger partial charge in [-0.15, -0.1) is 0 Å². The summed E-state index contributed by atoms with van der Waals surface area (Å²) in [5, 5.41) is 10.7. The van der Waals surface area contributed by atoms with Crippen LogP contribution in [-0.4, -0.2) is 44.1 Å². The summed E-state index contributed by atoms with van der Waals surface area (Å²) in [4.78, 5) is 22.8. The van der Waals surface area contributed by atoms with Crippen LogP contribution in [-0.2, 0) is 11.2 Å². The highest BCUT2D eigenvalue weighted by Gasteiger charge is 2.44. The zero-order valence-corrected chi connectivity index (χ0v) is 13.9. The molecule has 2 fully saturated rings. The van der Waals surface area contributed by atoms with E-state index in [4.69, 9.17) is 0 Å². The van der Waals surface area contributed by atoms with Crippen molar-refractivity contribution in [3.63, 3.8) is 0 Å². The minimum absolute atomic E-state index is 0.201. The van der Waals surface area contributed by atoms with Gasteiger partial charge in [-0.3, -0.25) is 4.79 Å². The fourth-order valence-corrected chi connectivity index (χ4v) is 4.32. The van der Waals surface area contributed by atoms with Crippen LogP contribution in [0.2, 0.25) is 0 Å². The monoisotopic (exact) mass is 317 g/mol. The molecule has 0 aromatic carbocycles. The summed E-state index contributed by atoms with van der Waals surface area (Å²) in [5.74, 6) is 0.425. The number of aliphatic hydroxyl groups is 1. The molecule has 2 heterocycles. The SMILES string of the molecule is CC1(O)CCCCC1C1CCCN1C(=O)CCc1ccncn1. The van der Waals surface area contributed by atoms with Gasteiger partial charge in [0.25, 0.3) is 0 Å². The minimum Gasteiger partial charge on any atom is -0.390 e. The van der Waals surface area contributed by atoms with E-state index in [1.165, 1.54) is 12.7 Å². The summed E-state index contributed by atoms with van der Waals surface area (Å²) >= 11 is 0. The van der Waals surface area contributed by atoms with Gasteiger partial charge >= 0.3 is 0 Å². The second-order valence-corrected chi connectivity index (χ2v) is 7.21. The number of hydrogen-bond donors (Lipinski definition) is 1. The zero-order valence-electron chi connectivity index (χ0n) is 13.9. The third kappa shape index (κ3) is 3.71. The molecular formula is C18H27N3O2. The molecule has 1 aromatic heterocycles. The lowest BCUT2D eigenvalue weighted by Gasteiger charge is -2.43. The fraction of sp³-hybridized carbons (Fsp3) is 0.722. The summed E-state index contributed by atoms with van der Waals surface area (Å²) in [5.41, 5.74) is 0.284. The van der Waals surface area contributed by atoms with Gasteiger partial charge in [0.05, 0.1) is 5.60 Å². The molecule has 1 saturated heterocycles. The lowest BCUT2D eigenvalue weighted by molar-refractivity contribution is -0.136. The molecule has 1 aromatic rings. The van der Waals surface area contributed by atoms with Crippen molar-refractivity contribution in [2.45, 2.75) is 69.9 Å². The van der Waals surface area contributed by atoms with Gasteiger partial charge in [-0.2, -0.15) is 0 Å². The van der Waals surface area contributed by atoms with Crippen LogP contribution in [0.4, 0.5) is 0 Å².